The molecule has 1 aromatic rings. The number of aromatic nitrogens is 1. The summed E-state index contributed by atoms with van der Waals surface area (Å²) in [5, 5.41) is 0. The number of rotatable bonds is 24. The maximum absolute atomic E-state index is 2.43. The molecule has 1 heterocycles. The van der Waals surface area contributed by atoms with E-state index in [1.165, 1.54) is 160 Å². The third kappa shape index (κ3) is 18.7. The van der Waals surface area contributed by atoms with Gasteiger partial charge >= 0.3 is 0 Å². The smallest absolute Gasteiger partial charge is 0.171 e. The topological polar surface area (TPSA) is 3.88 Å². The van der Waals surface area contributed by atoms with Crippen LogP contribution in [-0.4, -0.2) is 0 Å². The first-order valence-electron chi connectivity index (χ1n) is 14.8. The summed E-state index contributed by atoms with van der Waals surface area (Å²) in [7, 11) is 0. The summed E-state index contributed by atoms with van der Waals surface area (Å²) >= 11 is 0. The Balaban J connectivity index is 1.90. The third-order valence-electron chi connectivity index (χ3n) is 7.01. The molecule has 0 saturated heterocycles. The zero-order valence-corrected chi connectivity index (χ0v) is 22.2. The average Bonchev–Trinajstić information content (AvgIpc) is 2.81. The van der Waals surface area contributed by atoms with E-state index in [1.54, 1.807) is 0 Å². The van der Waals surface area contributed by atoms with Gasteiger partial charge in [0.2, 0.25) is 0 Å². The van der Waals surface area contributed by atoms with Crippen LogP contribution in [0, 0.1) is 0 Å². The Bertz CT molecular complexity index is 495. The van der Waals surface area contributed by atoms with Crippen molar-refractivity contribution < 1.29 is 4.57 Å². The zero-order chi connectivity index (χ0) is 23.0. The summed E-state index contributed by atoms with van der Waals surface area (Å²) < 4.78 is 2.43. The first kappa shape index (κ1) is 29.2. The molecule has 32 heavy (non-hydrogen) atoms. The molecule has 0 fully saturated rings. The molecule has 0 atom stereocenters. The molecule has 1 heteroatoms. The summed E-state index contributed by atoms with van der Waals surface area (Å²) in [5.74, 6) is 0. The highest BCUT2D eigenvalue weighted by Gasteiger charge is 2.03. The fraction of sp³-hybridized carbons (Fsp3) is 0.839. The van der Waals surface area contributed by atoms with Crippen molar-refractivity contribution in [2.75, 3.05) is 0 Å². The molecule has 186 valence electrons. The largest absolute Gasteiger partial charge is 0.205 e. The van der Waals surface area contributed by atoms with Crippen LogP contribution in [0.4, 0.5) is 0 Å². The van der Waals surface area contributed by atoms with Crippen molar-refractivity contribution >= 4 is 0 Å². The molecule has 0 N–H and O–H groups in total. The van der Waals surface area contributed by atoms with Gasteiger partial charge in [0.1, 0.15) is 6.54 Å². The van der Waals surface area contributed by atoms with Gasteiger partial charge in [0.15, 0.2) is 12.4 Å². The van der Waals surface area contributed by atoms with Crippen molar-refractivity contribution in [3.8, 4) is 0 Å². The van der Waals surface area contributed by atoms with E-state index in [-0.39, 0.29) is 0 Å². The van der Waals surface area contributed by atoms with Gasteiger partial charge in [-0.1, -0.05) is 136 Å². The molecule has 0 spiro atoms. The minimum Gasteiger partial charge on any atom is -0.205 e. The van der Waals surface area contributed by atoms with Crippen LogP contribution >= 0.6 is 0 Å². The molecule has 0 unspecified atom stereocenters. The molecule has 0 amide bonds. The van der Waals surface area contributed by atoms with Gasteiger partial charge in [-0.15, -0.1) is 0 Å². The highest BCUT2D eigenvalue weighted by Crippen LogP contribution is 2.13. The van der Waals surface area contributed by atoms with Gasteiger partial charge in [-0.2, -0.15) is 0 Å². The van der Waals surface area contributed by atoms with E-state index in [4.69, 9.17) is 0 Å². The molecule has 1 aromatic heterocycles. The first-order valence-corrected chi connectivity index (χ1v) is 14.8. The molecule has 0 saturated carbocycles. The highest BCUT2D eigenvalue weighted by molar-refractivity contribution is 5.05. The van der Waals surface area contributed by atoms with E-state index in [2.05, 4.69) is 42.9 Å². The van der Waals surface area contributed by atoms with Gasteiger partial charge < -0.3 is 0 Å². The highest BCUT2D eigenvalue weighted by atomic mass is 14.9. The van der Waals surface area contributed by atoms with E-state index in [0.717, 1.165) is 0 Å². The van der Waals surface area contributed by atoms with E-state index in [0.29, 0.717) is 0 Å². The van der Waals surface area contributed by atoms with Crippen LogP contribution < -0.4 is 4.57 Å². The Morgan fingerprint density at radius 3 is 1.38 bits per heavy atom. The SMILES string of the molecule is CCCCCCCCCCCCCCCCC[n+]1cccc(CCCCCCCCC)c1. The van der Waals surface area contributed by atoms with Crippen LogP contribution in [0.15, 0.2) is 24.5 Å². The maximum Gasteiger partial charge on any atom is 0.171 e. The summed E-state index contributed by atoms with van der Waals surface area (Å²) in [6, 6.07) is 4.57. The number of aryl methyl sites for hydroxylation is 2. The molecule has 0 aliphatic heterocycles. The number of hydrogen-bond donors (Lipinski definition) is 0. The second-order valence-electron chi connectivity index (χ2n) is 10.3. The van der Waals surface area contributed by atoms with E-state index < -0.39 is 0 Å². The van der Waals surface area contributed by atoms with Crippen molar-refractivity contribution in [1.82, 2.24) is 0 Å². The molecule has 1 rings (SSSR count). The minimum absolute atomic E-state index is 1.20. The number of nitrogens with zero attached hydrogens (tertiary/aromatic N) is 1. The van der Waals surface area contributed by atoms with Crippen LogP contribution in [0.3, 0.4) is 0 Å². The molecule has 0 aromatic carbocycles. The van der Waals surface area contributed by atoms with E-state index in [1.807, 2.05) is 0 Å². The van der Waals surface area contributed by atoms with Gasteiger partial charge in [-0.25, -0.2) is 4.57 Å². The van der Waals surface area contributed by atoms with Crippen molar-refractivity contribution in [2.45, 2.75) is 168 Å². The molecule has 0 bridgehead atoms. The molecule has 0 aliphatic rings. The van der Waals surface area contributed by atoms with Crippen molar-refractivity contribution in [3.05, 3.63) is 30.1 Å². The molecule has 0 radical (unpaired) electrons. The van der Waals surface area contributed by atoms with E-state index >= 15 is 0 Å². The quantitative estimate of drug-likeness (QED) is 0.110. The predicted octanol–water partition coefficient (Wildman–Crippen LogP) is 10.1. The van der Waals surface area contributed by atoms with Crippen LogP contribution in [0.5, 0.6) is 0 Å². The Labute approximate surface area is 202 Å². The zero-order valence-electron chi connectivity index (χ0n) is 22.2. The predicted molar refractivity (Wildman–Crippen MR) is 143 cm³/mol. The first-order chi connectivity index (χ1) is 15.9. The maximum atomic E-state index is 2.43. The lowest BCUT2D eigenvalue weighted by atomic mass is 10.0. The Morgan fingerprint density at radius 2 is 0.906 bits per heavy atom. The van der Waals surface area contributed by atoms with Gasteiger partial charge in [-0.3, -0.25) is 0 Å². The fourth-order valence-corrected chi connectivity index (χ4v) is 4.82. The van der Waals surface area contributed by atoms with Crippen LogP contribution in [0.1, 0.15) is 161 Å². The van der Waals surface area contributed by atoms with Gasteiger partial charge in [0.05, 0.1) is 0 Å². The van der Waals surface area contributed by atoms with Crippen molar-refractivity contribution in [3.63, 3.8) is 0 Å². The van der Waals surface area contributed by atoms with E-state index in [9.17, 15) is 0 Å². The summed E-state index contributed by atoms with van der Waals surface area (Å²) in [6.07, 6.45) is 37.3. The van der Waals surface area contributed by atoms with Crippen LogP contribution in [0.2, 0.25) is 0 Å². The average molecular weight is 445 g/mol. The molecule has 1 nitrogen and oxygen atoms in total. The Kier molecular flexibility index (Phi) is 21.3. The number of pyridine rings is 1. The molecular weight excluding hydrogens is 386 g/mol. The number of hydrogen-bond acceptors (Lipinski definition) is 0. The third-order valence-corrected chi connectivity index (χ3v) is 7.01. The summed E-state index contributed by atoms with van der Waals surface area (Å²) in [6.45, 7) is 5.79. The molecule has 0 aliphatic carbocycles. The second kappa shape index (κ2) is 23.3. The second-order valence-corrected chi connectivity index (χ2v) is 10.3. The monoisotopic (exact) mass is 444 g/mol. The van der Waals surface area contributed by atoms with Crippen molar-refractivity contribution in [1.29, 1.82) is 0 Å². The lowest BCUT2D eigenvalue weighted by Crippen LogP contribution is -2.33. The lowest BCUT2D eigenvalue weighted by molar-refractivity contribution is -0.697. The standard InChI is InChI=1S/C31H58N/c1-3-5-7-9-11-12-13-14-15-16-17-18-20-22-24-28-32-29-25-27-31(30-32)26-23-21-19-10-8-6-4-2/h25,27,29-30H,3-24,26,28H2,1-2H3/q+1. The Morgan fingerprint density at radius 1 is 0.500 bits per heavy atom. The summed E-state index contributed by atoms with van der Waals surface area (Å²) in [4.78, 5) is 0. The van der Waals surface area contributed by atoms with Gasteiger partial charge in [0.25, 0.3) is 0 Å². The van der Waals surface area contributed by atoms with Crippen LogP contribution in [0.25, 0.3) is 0 Å². The van der Waals surface area contributed by atoms with Crippen LogP contribution in [-0.2, 0) is 13.0 Å². The fourth-order valence-electron chi connectivity index (χ4n) is 4.82. The summed E-state index contributed by atoms with van der Waals surface area (Å²) in [5.41, 5.74) is 1.53. The van der Waals surface area contributed by atoms with Gasteiger partial charge in [0, 0.05) is 18.1 Å². The lowest BCUT2D eigenvalue weighted by Gasteiger charge is -2.04. The number of unbranched alkanes of at least 4 members (excludes halogenated alkanes) is 20. The van der Waals surface area contributed by atoms with Gasteiger partial charge in [-0.05, 0) is 25.3 Å². The minimum atomic E-state index is 1.20. The molecular formula is C31H58N+. The normalized spacial score (nSPS) is 11.3. The Hall–Kier alpha value is -0.850. The van der Waals surface area contributed by atoms with Crippen molar-refractivity contribution in [2.24, 2.45) is 0 Å².